The highest BCUT2D eigenvalue weighted by Gasteiger charge is 2.24. The van der Waals surface area contributed by atoms with E-state index in [2.05, 4.69) is 15.3 Å². The topological polar surface area (TPSA) is 85.7 Å². The lowest BCUT2D eigenvalue weighted by Crippen LogP contribution is -2.06. The molecule has 1 aliphatic rings. The molecule has 1 aliphatic heterocycles. The van der Waals surface area contributed by atoms with E-state index < -0.39 is 11.1 Å². The highest BCUT2D eigenvalue weighted by molar-refractivity contribution is 5.39. The molecule has 0 aliphatic carbocycles. The van der Waals surface area contributed by atoms with E-state index >= 15 is 0 Å². The SMILES string of the molecule is Cc1cc2n(n1)C(c1cccc([N+](=O)[O-])c1)N=N2. The van der Waals surface area contributed by atoms with Gasteiger partial charge in [0.15, 0.2) is 12.0 Å². The van der Waals surface area contributed by atoms with Gasteiger partial charge in [-0.2, -0.15) is 10.2 Å². The Kier molecular flexibility index (Phi) is 2.19. The highest BCUT2D eigenvalue weighted by atomic mass is 16.6. The fourth-order valence-corrected chi connectivity index (χ4v) is 1.93. The van der Waals surface area contributed by atoms with Crippen LogP contribution in [-0.2, 0) is 0 Å². The van der Waals surface area contributed by atoms with Crippen LogP contribution >= 0.6 is 0 Å². The van der Waals surface area contributed by atoms with Crippen LogP contribution in [-0.4, -0.2) is 14.7 Å². The molecule has 0 bridgehead atoms. The Labute approximate surface area is 102 Å². The fourth-order valence-electron chi connectivity index (χ4n) is 1.93. The normalized spacial score (nSPS) is 16.8. The predicted octanol–water partition coefficient (Wildman–Crippen LogP) is 2.74. The molecule has 7 nitrogen and oxygen atoms in total. The third-order valence-electron chi connectivity index (χ3n) is 2.72. The lowest BCUT2D eigenvalue weighted by atomic mass is 10.1. The van der Waals surface area contributed by atoms with Crippen LogP contribution in [0.15, 0.2) is 40.6 Å². The van der Waals surface area contributed by atoms with Crippen molar-refractivity contribution in [1.82, 2.24) is 9.78 Å². The van der Waals surface area contributed by atoms with Crippen molar-refractivity contribution < 1.29 is 4.92 Å². The van der Waals surface area contributed by atoms with E-state index in [1.165, 1.54) is 12.1 Å². The summed E-state index contributed by atoms with van der Waals surface area (Å²) < 4.78 is 1.66. The molecule has 0 saturated carbocycles. The molecule has 1 atom stereocenters. The molecule has 3 rings (SSSR count). The van der Waals surface area contributed by atoms with Crippen LogP contribution in [0.5, 0.6) is 0 Å². The maximum Gasteiger partial charge on any atom is 0.269 e. The number of benzene rings is 1. The predicted molar refractivity (Wildman–Crippen MR) is 62.7 cm³/mol. The summed E-state index contributed by atoms with van der Waals surface area (Å²) in [7, 11) is 0. The molecule has 2 heterocycles. The monoisotopic (exact) mass is 243 g/mol. The molecule has 1 unspecified atom stereocenters. The second-order valence-electron chi connectivity index (χ2n) is 4.03. The minimum atomic E-state index is -0.426. The average molecular weight is 243 g/mol. The summed E-state index contributed by atoms with van der Waals surface area (Å²) in [6, 6.07) is 8.18. The zero-order valence-electron chi connectivity index (χ0n) is 9.52. The van der Waals surface area contributed by atoms with Crippen molar-refractivity contribution in [3.63, 3.8) is 0 Å². The van der Waals surface area contributed by atoms with Crippen LogP contribution in [0.4, 0.5) is 11.5 Å². The largest absolute Gasteiger partial charge is 0.269 e. The molecule has 0 spiro atoms. The molecule has 2 aromatic rings. The summed E-state index contributed by atoms with van der Waals surface area (Å²) in [5.74, 6) is 0.670. The van der Waals surface area contributed by atoms with Gasteiger partial charge in [-0.1, -0.05) is 12.1 Å². The number of non-ortho nitro benzene ring substituents is 1. The fraction of sp³-hybridized carbons (Fsp3) is 0.182. The first-order valence-corrected chi connectivity index (χ1v) is 5.36. The Hall–Kier alpha value is -2.57. The summed E-state index contributed by atoms with van der Waals surface area (Å²) in [5.41, 5.74) is 1.59. The first kappa shape index (κ1) is 10.6. The number of nitro groups is 1. The number of aromatic nitrogens is 2. The molecule has 0 radical (unpaired) electrons. The van der Waals surface area contributed by atoms with Crippen molar-refractivity contribution in [3.8, 4) is 0 Å². The van der Waals surface area contributed by atoms with Gasteiger partial charge in [0.25, 0.3) is 5.69 Å². The molecule has 0 amide bonds. The Morgan fingerprint density at radius 2 is 2.22 bits per heavy atom. The van der Waals surface area contributed by atoms with Gasteiger partial charge in [-0.25, -0.2) is 4.68 Å². The second-order valence-corrected chi connectivity index (χ2v) is 4.03. The van der Waals surface area contributed by atoms with E-state index in [0.29, 0.717) is 11.4 Å². The van der Waals surface area contributed by atoms with E-state index in [1.54, 1.807) is 16.8 Å². The minimum Gasteiger partial charge on any atom is -0.258 e. The number of azo groups is 1. The van der Waals surface area contributed by atoms with E-state index in [1.807, 2.05) is 13.0 Å². The molecule has 7 heteroatoms. The van der Waals surface area contributed by atoms with E-state index in [4.69, 9.17) is 0 Å². The van der Waals surface area contributed by atoms with Gasteiger partial charge in [-0.3, -0.25) is 10.1 Å². The molecule has 0 saturated heterocycles. The molecule has 0 fully saturated rings. The van der Waals surface area contributed by atoms with Crippen molar-refractivity contribution in [3.05, 3.63) is 51.7 Å². The lowest BCUT2D eigenvalue weighted by Gasteiger charge is -2.07. The Morgan fingerprint density at radius 3 is 3.00 bits per heavy atom. The maximum absolute atomic E-state index is 10.7. The third kappa shape index (κ3) is 1.56. The van der Waals surface area contributed by atoms with Crippen molar-refractivity contribution >= 4 is 11.5 Å². The summed E-state index contributed by atoms with van der Waals surface area (Å²) in [6.07, 6.45) is -0.409. The summed E-state index contributed by atoms with van der Waals surface area (Å²) in [5, 5.41) is 23.1. The Balaban J connectivity index is 2.04. The summed E-state index contributed by atoms with van der Waals surface area (Å²) >= 11 is 0. The first-order chi connectivity index (χ1) is 8.65. The number of hydrogen-bond donors (Lipinski definition) is 0. The van der Waals surface area contributed by atoms with Gasteiger partial charge in [0.05, 0.1) is 10.6 Å². The van der Waals surface area contributed by atoms with Crippen LogP contribution in [0.1, 0.15) is 17.4 Å². The lowest BCUT2D eigenvalue weighted by molar-refractivity contribution is -0.384. The van der Waals surface area contributed by atoms with E-state index in [-0.39, 0.29) is 5.69 Å². The van der Waals surface area contributed by atoms with Crippen LogP contribution in [0.3, 0.4) is 0 Å². The van der Waals surface area contributed by atoms with Crippen LogP contribution in [0.25, 0.3) is 0 Å². The van der Waals surface area contributed by atoms with Crippen molar-refractivity contribution in [2.75, 3.05) is 0 Å². The van der Waals surface area contributed by atoms with Crippen molar-refractivity contribution in [2.24, 2.45) is 10.2 Å². The number of nitrogens with zero attached hydrogens (tertiary/aromatic N) is 5. The number of nitro benzene ring substituents is 1. The first-order valence-electron chi connectivity index (χ1n) is 5.36. The number of rotatable bonds is 2. The smallest absolute Gasteiger partial charge is 0.258 e. The number of hydrogen-bond acceptors (Lipinski definition) is 5. The minimum absolute atomic E-state index is 0.0417. The van der Waals surface area contributed by atoms with Gasteiger partial charge in [-0.05, 0) is 6.92 Å². The zero-order chi connectivity index (χ0) is 12.7. The van der Waals surface area contributed by atoms with Gasteiger partial charge >= 0.3 is 0 Å². The van der Waals surface area contributed by atoms with Crippen LogP contribution < -0.4 is 0 Å². The highest BCUT2D eigenvalue weighted by Crippen LogP contribution is 2.33. The standard InChI is InChI=1S/C11H9N5O2/c1-7-5-10-12-13-11(15(10)14-7)8-3-2-4-9(6-8)16(17)18/h2-6,11H,1H3. The number of fused-ring (bicyclic) bond motifs is 1. The maximum atomic E-state index is 10.7. The van der Waals surface area contributed by atoms with Gasteiger partial charge in [-0.15, -0.1) is 5.11 Å². The molecule has 1 aromatic heterocycles. The van der Waals surface area contributed by atoms with E-state index in [9.17, 15) is 10.1 Å². The summed E-state index contributed by atoms with van der Waals surface area (Å²) in [4.78, 5) is 10.3. The summed E-state index contributed by atoms with van der Waals surface area (Å²) in [6.45, 7) is 1.87. The molecular weight excluding hydrogens is 234 g/mol. The van der Waals surface area contributed by atoms with Crippen LogP contribution in [0, 0.1) is 17.0 Å². The number of aryl methyl sites for hydroxylation is 1. The Bertz CT molecular complexity index is 661. The Morgan fingerprint density at radius 1 is 1.39 bits per heavy atom. The van der Waals surface area contributed by atoms with E-state index in [0.717, 1.165) is 5.69 Å². The van der Waals surface area contributed by atoms with Crippen molar-refractivity contribution in [2.45, 2.75) is 13.1 Å². The third-order valence-corrected chi connectivity index (χ3v) is 2.72. The van der Waals surface area contributed by atoms with Crippen LogP contribution in [0.2, 0.25) is 0 Å². The van der Waals surface area contributed by atoms with Gasteiger partial charge < -0.3 is 0 Å². The molecule has 90 valence electrons. The quantitative estimate of drug-likeness (QED) is 0.600. The van der Waals surface area contributed by atoms with Crippen molar-refractivity contribution in [1.29, 1.82) is 0 Å². The molecule has 1 aromatic carbocycles. The molecule has 18 heavy (non-hydrogen) atoms. The molecular formula is C11H9N5O2. The van der Waals surface area contributed by atoms with Gasteiger partial charge in [0.1, 0.15) is 0 Å². The zero-order valence-corrected chi connectivity index (χ0v) is 9.52. The van der Waals surface area contributed by atoms with Gasteiger partial charge in [0, 0.05) is 23.8 Å². The second kappa shape index (κ2) is 3.73. The van der Waals surface area contributed by atoms with Gasteiger partial charge in [0.2, 0.25) is 0 Å². The molecule has 0 N–H and O–H groups in total. The average Bonchev–Trinajstić information content (AvgIpc) is 2.87.